The summed E-state index contributed by atoms with van der Waals surface area (Å²) >= 11 is 2.95. The van der Waals surface area contributed by atoms with E-state index in [0.717, 1.165) is 12.1 Å². The van der Waals surface area contributed by atoms with E-state index in [9.17, 15) is 17.6 Å². The maximum absolute atomic E-state index is 13.5. The summed E-state index contributed by atoms with van der Waals surface area (Å²) in [6.45, 7) is 1.58. The Balaban J connectivity index is 3.52. The fourth-order valence-corrected chi connectivity index (χ4v) is 2.77. The second-order valence-electron chi connectivity index (χ2n) is 2.92. The summed E-state index contributed by atoms with van der Waals surface area (Å²) in [4.78, 5) is 10.6. The minimum absolute atomic E-state index is 0.0364. The minimum Gasteiger partial charge on any atom is -0.462 e. The molecular weight excluding hydrogens is 339 g/mol. The van der Waals surface area contributed by atoms with Gasteiger partial charge in [0.2, 0.25) is 0 Å². The number of benzene rings is 1. The van der Waals surface area contributed by atoms with Crippen molar-refractivity contribution in [2.75, 3.05) is 6.61 Å². The van der Waals surface area contributed by atoms with E-state index >= 15 is 0 Å². The third-order valence-corrected chi connectivity index (χ3v) is 3.57. The van der Waals surface area contributed by atoms with Gasteiger partial charge in [-0.1, -0.05) is 15.9 Å². The largest absolute Gasteiger partial charge is 0.462 e. The summed E-state index contributed by atoms with van der Waals surface area (Å²) in [6, 6.07) is 2.04. The van der Waals surface area contributed by atoms with Crippen molar-refractivity contribution >= 4 is 41.6 Å². The Morgan fingerprint density at radius 3 is 2.59 bits per heavy atom. The topological polar surface area (TPSA) is 60.4 Å². The Morgan fingerprint density at radius 2 is 2.12 bits per heavy atom. The highest BCUT2D eigenvalue weighted by Crippen LogP contribution is 2.27. The highest BCUT2D eigenvalue weighted by Gasteiger charge is 2.26. The van der Waals surface area contributed by atoms with Crippen molar-refractivity contribution in [3.8, 4) is 0 Å². The van der Waals surface area contributed by atoms with E-state index < -0.39 is 31.3 Å². The number of hydrogen-bond acceptors (Lipinski definition) is 4. The van der Waals surface area contributed by atoms with Gasteiger partial charge in [0.1, 0.15) is 10.7 Å². The van der Waals surface area contributed by atoms with Gasteiger partial charge in [-0.15, -0.1) is 0 Å². The van der Waals surface area contributed by atoms with Crippen molar-refractivity contribution in [2.24, 2.45) is 0 Å². The molecule has 0 atom stereocenters. The molecule has 0 aliphatic heterocycles. The van der Waals surface area contributed by atoms with E-state index in [1.165, 1.54) is 0 Å². The lowest BCUT2D eigenvalue weighted by molar-refractivity contribution is 0.0520. The van der Waals surface area contributed by atoms with Crippen LogP contribution in [0.5, 0.6) is 0 Å². The molecule has 4 nitrogen and oxygen atoms in total. The molecule has 0 N–H and O–H groups in total. The zero-order chi connectivity index (χ0) is 13.2. The maximum Gasteiger partial charge on any atom is 0.339 e. The number of ether oxygens (including phenoxy) is 1. The van der Waals surface area contributed by atoms with Crippen LogP contribution in [0.4, 0.5) is 4.39 Å². The number of rotatable bonds is 3. The smallest absolute Gasteiger partial charge is 0.339 e. The maximum atomic E-state index is 13.5. The first-order valence-corrected chi connectivity index (χ1v) is 7.48. The summed E-state index contributed by atoms with van der Waals surface area (Å²) in [5.74, 6) is -2.07. The molecule has 0 fully saturated rings. The van der Waals surface area contributed by atoms with Gasteiger partial charge in [0, 0.05) is 15.2 Å². The molecule has 0 saturated carbocycles. The van der Waals surface area contributed by atoms with Crippen molar-refractivity contribution < 1.29 is 22.3 Å². The molecule has 0 amide bonds. The van der Waals surface area contributed by atoms with Crippen LogP contribution in [0.2, 0.25) is 0 Å². The summed E-state index contributed by atoms with van der Waals surface area (Å²) in [6.07, 6.45) is 0. The third kappa shape index (κ3) is 3.40. The fourth-order valence-electron chi connectivity index (χ4n) is 1.17. The van der Waals surface area contributed by atoms with Gasteiger partial charge in [0.15, 0.2) is 0 Å². The molecule has 0 aliphatic rings. The Labute approximate surface area is 110 Å². The van der Waals surface area contributed by atoms with Crippen LogP contribution in [0.3, 0.4) is 0 Å². The SMILES string of the molecule is CCOC(=O)c1cc(Br)cc(F)c1S(=O)(=O)Cl. The van der Waals surface area contributed by atoms with E-state index in [2.05, 4.69) is 20.7 Å². The Morgan fingerprint density at radius 1 is 1.53 bits per heavy atom. The Kier molecular flexibility index (Phi) is 4.51. The average Bonchev–Trinajstić information content (AvgIpc) is 2.14. The molecule has 0 unspecified atom stereocenters. The summed E-state index contributed by atoms with van der Waals surface area (Å²) in [7, 11) is 0.706. The van der Waals surface area contributed by atoms with Gasteiger partial charge in [-0.05, 0) is 19.1 Å². The molecule has 0 heterocycles. The normalized spacial score (nSPS) is 11.3. The van der Waals surface area contributed by atoms with Gasteiger partial charge < -0.3 is 4.74 Å². The third-order valence-electron chi connectivity index (χ3n) is 1.75. The lowest BCUT2D eigenvalue weighted by atomic mass is 10.2. The molecule has 0 bridgehead atoms. The molecule has 0 spiro atoms. The average molecular weight is 346 g/mol. The quantitative estimate of drug-likeness (QED) is 0.624. The monoisotopic (exact) mass is 344 g/mol. The summed E-state index contributed by atoms with van der Waals surface area (Å²) in [5.41, 5.74) is -0.436. The lowest BCUT2D eigenvalue weighted by Gasteiger charge is -2.08. The van der Waals surface area contributed by atoms with Crippen molar-refractivity contribution in [2.45, 2.75) is 11.8 Å². The van der Waals surface area contributed by atoms with Crippen LogP contribution < -0.4 is 0 Å². The minimum atomic E-state index is -4.37. The highest BCUT2D eigenvalue weighted by atomic mass is 79.9. The van der Waals surface area contributed by atoms with Crippen molar-refractivity contribution in [1.29, 1.82) is 0 Å². The first-order valence-electron chi connectivity index (χ1n) is 4.38. The number of esters is 1. The molecule has 8 heteroatoms. The van der Waals surface area contributed by atoms with E-state index in [0.29, 0.717) is 0 Å². The van der Waals surface area contributed by atoms with E-state index in [-0.39, 0.29) is 11.1 Å². The van der Waals surface area contributed by atoms with Crippen LogP contribution in [0.25, 0.3) is 0 Å². The number of carbonyl (C=O) groups is 1. The standard InChI is InChI=1S/C9H7BrClFO4S/c1-2-16-9(13)6-3-5(10)4-7(12)8(6)17(11,14)15/h3-4H,2H2,1H3. The number of halogens is 3. The first kappa shape index (κ1) is 14.4. The molecule has 0 radical (unpaired) electrons. The van der Waals surface area contributed by atoms with Gasteiger partial charge in [0.05, 0.1) is 12.2 Å². The molecule has 1 aromatic rings. The van der Waals surface area contributed by atoms with Gasteiger partial charge in [0.25, 0.3) is 9.05 Å². The van der Waals surface area contributed by atoms with E-state index in [1.807, 2.05) is 0 Å². The number of hydrogen-bond donors (Lipinski definition) is 0. The molecule has 0 aliphatic carbocycles. The Bertz CT molecular complexity index is 558. The fraction of sp³-hybridized carbons (Fsp3) is 0.222. The van der Waals surface area contributed by atoms with Gasteiger partial charge in [-0.2, -0.15) is 0 Å². The van der Waals surface area contributed by atoms with Crippen LogP contribution in [0, 0.1) is 5.82 Å². The van der Waals surface area contributed by atoms with Gasteiger partial charge in [-0.3, -0.25) is 0 Å². The van der Waals surface area contributed by atoms with Gasteiger partial charge >= 0.3 is 5.97 Å². The molecule has 0 saturated heterocycles. The second-order valence-corrected chi connectivity index (χ2v) is 6.34. The number of carbonyl (C=O) groups excluding carboxylic acids is 1. The van der Waals surface area contributed by atoms with Crippen LogP contribution >= 0.6 is 26.6 Å². The van der Waals surface area contributed by atoms with Crippen LogP contribution in [0.15, 0.2) is 21.5 Å². The summed E-state index contributed by atoms with van der Waals surface area (Å²) in [5, 5.41) is 0. The van der Waals surface area contributed by atoms with Gasteiger partial charge in [-0.25, -0.2) is 17.6 Å². The van der Waals surface area contributed by atoms with Crippen molar-refractivity contribution in [1.82, 2.24) is 0 Å². The first-order chi connectivity index (χ1) is 7.77. The predicted molar refractivity (Wildman–Crippen MR) is 63.1 cm³/mol. The summed E-state index contributed by atoms with van der Waals surface area (Å²) < 4.78 is 40.7. The zero-order valence-corrected chi connectivity index (χ0v) is 11.7. The molecule has 0 aromatic heterocycles. The van der Waals surface area contributed by atoms with Crippen molar-refractivity contribution in [3.05, 3.63) is 28.0 Å². The van der Waals surface area contributed by atoms with E-state index in [4.69, 9.17) is 10.7 Å². The molecular formula is C9H7BrClFO4S. The van der Waals surface area contributed by atoms with Crippen LogP contribution in [-0.4, -0.2) is 21.0 Å². The lowest BCUT2D eigenvalue weighted by Crippen LogP contribution is -2.11. The van der Waals surface area contributed by atoms with Crippen LogP contribution in [-0.2, 0) is 13.8 Å². The molecule has 1 aromatic carbocycles. The molecule has 94 valence electrons. The van der Waals surface area contributed by atoms with Crippen molar-refractivity contribution in [3.63, 3.8) is 0 Å². The molecule has 1 rings (SSSR count). The van der Waals surface area contributed by atoms with Crippen LogP contribution in [0.1, 0.15) is 17.3 Å². The molecule has 17 heavy (non-hydrogen) atoms. The Hall–Kier alpha value is -0.660. The van der Waals surface area contributed by atoms with E-state index in [1.54, 1.807) is 6.92 Å². The highest BCUT2D eigenvalue weighted by molar-refractivity contribution is 9.10. The second kappa shape index (κ2) is 5.32. The zero-order valence-electron chi connectivity index (χ0n) is 8.54. The predicted octanol–water partition coefficient (Wildman–Crippen LogP) is 2.69.